The van der Waals surface area contributed by atoms with Gasteiger partial charge in [0.2, 0.25) is 0 Å². The monoisotopic (exact) mass is 298 g/mol. The molecule has 19 heavy (non-hydrogen) atoms. The maximum atomic E-state index is 12.1. The maximum absolute atomic E-state index is 12.1. The third-order valence-electron chi connectivity index (χ3n) is 3.26. The summed E-state index contributed by atoms with van der Waals surface area (Å²) < 4.78 is 36.4. The van der Waals surface area contributed by atoms with Crippen molar-refractivity contribution in [2.45, 2.75) is 57.1 Å². The Balaban J connectivity index is 2.35. The third kappa shape index (κ3) is 8.05. The largest absolute Gasteiger partial charge is 0.441 e. The molecule has 0 aromatic carbocycles. The quantitative estimate of drug-likeness (QED) is 0.836. The minimum Gasteiger partial charge on any atom is -0.311 e. The SMILES string of the molecule is CC(C)(C)NCC1CCCCN1CCSC(F)(F)F. The number of thioether (sulfide) groups is 1. The molecule has 6 heteroatoms. The van der Waals surface area contributed by atoms with Gasteiger partial charge in [-0.2, -0.15) is 13.2 Å². The molecule has 1 atom stereocenters. The van der Waals surface area contributed by atoms with E-state index < -0.39 is 5.51 Å². The predicted molar refractivity (Wildman–Crippen MR) is 75.5 cm³/mol. The Kier molecular flexibility index (Phi) is 6.47. The Hall–Kier alpha value is 0.0600. The molecule has 1 aliphatic heterocycles. The molecular weight excluding hydrogens is 273 g/mol. The smallest absolute Gasteiger partial charge is 0.311 e. The zero-order chi connectivity index (χ0) is 14.5. The van der Waals surface area contributed by atoms with Crippen LogP contribution in [0.5, 0.6) is 0 Å². The molecular formula is C13H25F3N2S. The Morgan fingerprint density at radius 1 is 1.21 bits per heavy atom. The Labute approximate surface area is 118 Å². The van der Waals surface area contributed by atoms with Crippen molar-refractivity contribution in [3.63, 3.8) is 0 Å². The molecule has 1 rings (SSSR count). The molecule has 0 radical (unpaired) electrons. The van der Waals surface area contributed by atoms with Crippen molar-refractivity contribution in [2.24, 2.45) is 0 Å². The lowest BCUT2D eigenvalue weighted by atomic mass is 10.0. The molecule has 1 aliphatic rings. The maximum Gasteiger partial charge on any atom is 0.441 e. The standard InChI is InChI=1S/C13H25F3N2S/c1-12(2,3)17-10-11-6-4-5-7-18(11)8-9-19-13(14,15)16/h11,17H,4-10H2,1-3H3. The van der Waals surface area contributed by atoms with Gasteiger partial charge in [0.25, 0.3) is 0 Å². The highest BCUT2D eigenvalue weighted by Gasteiger charge is 2.29. The number of nitrogens with zero attached hydrogens (tertiary/aromatic N) is 1. The Morgan fingerprint density at radius 3 is 2.47 bits per heavy atom. The second-order valence-electron chi connectivity index (χ2n) is 6.11. The highest BCUT2D eigenvalue weighted by atomic mass is 32.2. The first-order valence-electron chi connectivity index (χ1n) is 6.87. The summed E-state index contributed by atoms with van der Waals surface area (Å²) in [4.78, 5) is 2.21. The molecule has 1 saturated heterocycles. The average Bonchev–Trinajstić information content (AvgIpc) is 2.25. The van der Waals surface area contributed by atoms with E-state index in [2.05, 4.69) is 31.0 Å². The van der Waals surface area contributed by atoms with E-state index >= 15 is 0 Å². The van der Waals surface area contributed by atoms with Crippen LogP contribution in [0.3, 0.4) is 0 Å². The summed E-state index contributed by atoms with van der Waals surface area (Å²) in [7, 11) is 0. The second kappa shape index (κ2) is 7.18. The van der Waals surface area contributed by atoms with Crippen LogP contribution in [0, 0.1) is 0 Å². The van der Waals surface area contributed by atoms with Gasteiger partial charge in [0.1, 0.15) is 0 Å². The first-order chi connectivity index (χ1) is 8.67. The van der Waals surface area contributed by atoms with Crippen molar-refractivity contribution < 1.29 is 13.2 Å². The minimum absolute atomic E-state index is 0.0594. The fourth-order valence-corrected chi connectivity index (χ4v) is 2.85. The summed E-state index contributed by atoms with van der Waals surface area (Å²) in [5.41, 5.74) is -4.04. The summed E-state index contributed by atoms with van der Waals surface area (Å²) in [6.07, 6.45) is 3.36. The topological polar surface area (TPSA) is 15.3 Å². The van der Waals surface area contributed by atoms with Crippen LogP contribution in [-0.4, -0.2) is 47.4 Å². The normalized spacial score (nSPS) is 22.7. The van der Waals surface area contributed by atoms with Crippen LogP contribution in [0.25, 0.3) is 0 Å². The third-order valence-corrected chi connectivity index (χ3v) is 3.98. The predicted octanol–water partition coefficient (Wildman–Crippen LogP) is 3.48. The van der Waals surface area contributed by atoms with Crippen LogP contribution in [0.4, 0.5) is 13.2 Å². The van der Waals surface area contributed by atoms with E-state index in [1.165, 1.54) is 6.42 Å². The van der Waals surface area contributed by atoms with Crippen LogP contribution in [-0.2, 0) is 0 Å². The van der Waals surface area contributed by atoms with Crippen molar-refractivity contribution in [2.75, 3.05) is 25.4 Å². The number of alkyl halides is 3. The first-order valence-corrected chi connectivity index (χ1v) is 7.86. The number of hydrogen-bond donors (Lipinski definition) is 1. The van der Waals surface area contributed by atoms with Gasteiger partial charge in [-0.1, -0.05) is 6.42 Å². The van der Waals surface area contributed by atoms with Gasteiger partial charge in [-0.25, -0.2) is 0 Å². The van der Waals surface area contributed by atoms with E-state index in [1.807, 2.05) is 0 Å². The van der Waals surface area contributed by atoms with Gasteiger partial charge < -0.3 is 5.32 Å². The van der Waals surface area contributed by atoms with Gasteiger partial charge in [-0.15, -0.1) is 0 Å². The van der Waals surface area contributed by atoms with E-state index in [0.717, 1.165) is 25.9 Å². The van der Waals surface area contributed by atoms with Crippen LogP contribution < -0.4 is 5.32 Å². The van der Waals surface area contributed by atoms with Crippen molar-refractivity contribution in [1.29, 1.82) is 0 Å². The summed E-state index contributed by atoms with van der Waals surface area (Å²) >= 11 is 0.0908. The number of nitrogens with one attached hydrogen (secondary N) is 1. The highest BCUT2D eigenvalue weighted by Crippen LogP contribution is 2.30. The molecule has 114 valence electrons. The molecule has 1 N–H and O–H groups in total. The Bertz CT molecular complexity index is 264. The summed E-state index contributed by atoms with van der Waals surface area (Å²) in [5.74, 6) is 0.134. The van der Waals surface area contributed by atoms with E-state index in [4.69, 9.17) is 0 Å². The summed E-state index contributed by atoms with van der Waals surface area (Å²) in [6, 6.07) is 0.377. The summed E-state index contributed by atoms with van der Waals surface area (Å²) in [6.45, 7) is 8.65. The number of piperidine rings is 1. The van der Waals surface area contributed by atoms with Crippen LogP contribution in [0.1, 0.15) is 40.0 Å². The van der Waals surface area contributed by atoms with Gasteiger partial charge in [0, 0.05) is 30.4 Å². The molecule has 0 spiro atoms. The van der Waals surface area contributed by atoms with Crippen LogP contribution >= 0.6 is 11.8 Å². The molecule has 1 unspecified atom stereocenters. The molecule has 0 aromatic rings. The van der Waals surface area contributed by atoms with Gasteiger partial charge in [-0.3, -0.25) is 4.90 Å². The van der Waals surface area contributed by atoms with E-state index in [9.17, 15) is 13.2 Å². The number of rotatable bonds is 5. The first kappa shape index (κ1) is 17.1. The van der Waals surface area contributed by atoms with Crippen LogP contribution in [0.2, 0.25) is 0 Å². The lowest BCUT2D eigenvalue weighted by Gasteiger charge is -2.37. The number of halogens is 3. The number of hydrogen-bond acceptors (Lipinski definition) is 3. The molecule has 0 aromatic heterocycles. The molecule has 0 bridgehead atoms. The Morgan fingerprint density at radius 2 is 1.89 bits per heavy atom. The molecule has 0 amide bonds. The molecule has 0 saturated carbocycles. The van der Waals surface area contributed by atoms with Gasteiger partial charge in [-0.05, 0) is 51.9 Å². The second-order valence-corrected chi connectivity index (χ2v) is 7.27. The zero-order valence-corrected chi connectivity index (χ0v) is 12.8. The van der Waals surface area contributed by atoms with E-state index in [1.54, 1.807) is 0 Å². The average molecular weight is 298 g/mol. The van der Waals surface area contributed by atoms with Gasteiger partial charge in [0.15, 0.2) is 0 Å². The molecule has 1 heterocycles. The van der Waals surface area contributed by atoms with Gasteiger partial charge >= 0.3 is 5.51 Å². The van der Waals surface area contributed by atoms with Gasteiger partial charge in [0.05, 0.1) is 0 Å². The zero-order valence-electron chi connectivity index (χ0n) is 12.0. The fourth-order valence-electron chi connectivity index (χ4n) is 2.29. The highest BCUT2D eigenvalue weighted by molar-refractivity contribution is 8.00. The lowest BCUT2D eigenvalue weighted by molar-refractivity contribution is -0.0329. The van der Waals surface area contributed by atoms with Crippen molar-refractivity contribution >= 4 is 11.8 Å². The van der Waals surface area contributed by atoms with E-state index in [-0.39, 0.29) is 23.1 Å². The molecule has 1 fully saturated rings. The summed E-state index contributed by atoms with van der Waals surface area (Å²) in [5, 5.41) is 3.46. The molecule has 2 nitrogen and oxygen atoms in total. The lowest BCUT2D eigenvalue weighted by Crippen LogP contribution is -2.50. The molecule has 0 aliphatic carbocycles. The van der Waals surface area contributed by atoms with Crippen molar-refractivity contribution in [3.05, 3.63) is 0 Å². The minimum atomic E-state index is -4.10. The van der Waals surface area contributed by atoms with E-state index in [0.29, 0.717) is 12.6 Å². The van der Waals surface area contributed by atoms with Crippen molar-refractivity contribution in [3.8, 4) is 0 Å². The fraction of sp³-hybridized carbons (Fsp3) is 1.00. The number of likely N-dealkylation sites (tertiary alicyclic amines) is 1. The van der Waals surface area contributed by atoms with Crippen molar-refractivity contribution in [1.82, 2.24) is 10.2 Å². The van der Waals surface area contributed by atoms with Crippen LogP contribution in [0.15, 0.2) is 0 Å².